The maximum Gasteiger partial charge on any atom is 0.226 e. The lowest BCUT2D eigenvalue weighted by Gasteiger charge is -2.32. The Morgan fingerprint density at radius 2 is 1.63 bits per heavy atom. The van der Waals surface area contributed by atoms with Crippen LogP contribution in [0.2, 0.25) is 0 Å². The Morgan fingerprint density at radius 3 is 2.37 bits per heavy atom. The van der Waals surface area contributed by atoms with Crippen LogP contribution in [-0.4, -0.2) is 47.9 Å². The molecule has 3 heteroatoms. The summed E-state index contributed by atoms with van der Waals surface area (Å²) in [5.74, 6) is 0.661. The molecule has 0 aromatic rings. The first kappa shape index (κ1) is 13.2. The fourth-order valence-corrected chi connectivity index (χ4v) is 3.80. The van der Waals surface area contributed by atoms with E-state index in [1.54, 1.807) is 0 Å². The summed E-state index contributed by atoms with van der Waals surface area (Å²) >= 11 is 0. The van der Waals surface area contributed by atoms with Crippen LogP contribution in [0.1, 0.15) is 44.9 Å². The molecule has 2 fully saturated rings. The molecule has 0 bridgehead atoms. The highest BCUT2D eigenvalue weighted by Gasteiger charge is 2.30. The smallest absolute Gasteiger partial charge is 0.226 e. The molecule has 2 heterocycles. The molecular formula is C16H26N2O. The van der Waals surface area contributed by atoms with E-state index < -0.39 is 0 Å². The highest BCUT2D eigenvalue weighted by Crippen LogP contribution is 2.25. The normalized spacial score (nSPS) is 29.9. The van der Waals surface area contributed by atoms with Crippen LogP contribution in [0.15, 0.2) is 12.2 Å². The van der Waals surface area contributed by atoms with Crippen LogP contribution in [0.4, 0.5) is 0 Å². The van der Waals surface area contributed by atoms with E-state index in [1.807, 2.05) is 0 Å². The molecule has 2 aliphatic heterocycles. The highest BCUT2D eigenvalue weighted by molar-refractivity contribution is 5.79. The third-order valence-corrected chi connectivity index (χ3v) is 4.97. The molecular weight excluding hydrogens is 236 g/mol. The zero-order valence-corrected chi connectivity index (χ0v) is 11.9. The molecule has 1 aliphatic carbocycles. The Morgan fingerprint density at radius 1 is 0.947 bits per heavy atom. The predicted octanol–water partition coefficient (Wildman–Crippen LogP) is 2.43. The molecule has 3 aliphatic rings. The van der Waals surface area contributed by atoms with Crippen molar-refractivity contribution in [2.24, 2.45) is 5.92 Å². The maximum absolute atomic E-state index is 12.6. The van der Waals surface area contributed by atoms with E-state index >= 15 is 0 Å². The lowest BCUT2D eigenvalue weighted by Crippen LogP contribution is -2.45. The highest BCUT2D eigenvalue weighted by atomic mass is 16.2. The van der Waals surface area contributed by atoms with Gasteiger partial charge in [-0.05, 0) is 51.6 Å². The standard InChI is InChI=1S/C16H26N2O/c19-16(14-7-1-2-8-14)18-12-4-3-9-15(13-18)17-10-5-6-11-17/h1-2,14-15H,3-13H2. The minimum atomic E-state index is 0.248. The summed E-state index contributed by atoms with van der Waals surface area (Å²) in [6.07, 6.45) is 12.7. The Balaban J connectivity index is 1.61. The van der Waals surface area contributed by atoms with Crippen LogP contribution >= 0.6 is 0 Å². The Labute approximate surface area is 116 Å². The molecule has 19 heavy (non-hydrogen) atoms. The molecule has 3 nitrogen and oxygen atoms in total. The van der Waals surface area contributed by atoms with E-state index in [2.05, 4.69) is 22.0 Å². The fourth-order valence-electron chi connectivity index (χ4n) is 3.80. The Kier molecular flexibility index (Phi) is 4.21. The van der Waals surface area contributed by atoms with Crippen molar-refractivity contribution in [2.75, 3.05) is 26.2 Å². The van der Waals surface area contributed by atoms with Crippen molar-refractivity contribution >= 4 is 5.91 Å². The molecule has 0 radical (unpaired) electrons. The summed E-state index contributed by atoms with van der Waals surface area (Å²) in [5.41, 5.74) is 0. The number of carbonyl (C=O) groups is 1. The molecule has 0 aromatic carbocycles. The van der Waals surface area contributed by atoms with Crippen molar-refractivity contribution in [1.29, 1.82) is 0 Å². The van der Waals surface area contributed by atoms with Gasteiger partial charge in [0.1, 0.15) is 0 Å². The monoisotopic (exact) mass is 262 g/mol. The van der Waals surface area contributed by atoms with Crippen LogP contribution in [0, 0.1) is 5.92 Å². The molecule has 1 atom stereocenters. The van der Waals surface area contributed by atoms with Gasteiger partial charge in [-0.15, -0.1) is 0 Å². The molecule has 106 valence electrons. The first-order valence-corrected chi connectivity index (χ1v) is 8.02. The third-order valence-electron chi connectivity index (χ3n) is 4.97. The quantitative estimate of drug-likeness (QED) is 0.714. The van der Waals surface area contributed by atoms with Gasteiger partial charge in [-0.2, -0.15) is 0 Å². The molecule has 1 amide bonds. The SMILES string of the molecule is O=C(C1CC=CC1)N1CCCCC(N2CCCC2)C1. The number of rotatable bonds is 2. The minimum Gasteiger partial charge on any atom is -0.341 e. The second kappa shape index (κ2) is 6.08. The molecule has 2 saturated heterocycles. The van der Waals surface area contributed by atoms with Crippen LogP contribution < -0.4 is 0 Å². The lowest BCUT2D eigenvalue weighted by atomic mass is 10.1. The van der Waals surface area contributed by atoms with Crippen molar-refractivity contribution in [2.45, 2.75) is 51.0 Å². The van der Waals surface area contributed by atoms with E-state index in [-0.39, 0.29) is 5.92 Å². The zero-order valence-electron chi connectivity index (χ0n) is 11.9. The van der Waals surface area contributed by atoms with Crippen molar-refractivity contribution in [3.63, 3.8) is 0 Å². The number of nitrogens with zero attached hydrogens (tertiary/aromatic N) is 2. The van der Waals surface area contributed by atoms with Crippen molar-refractivity contribution in [3.05, 3.63) is 12.2 Å². The summed E-state index contributed by atoms with van der Waals surface area (Å²) in [4.78, 5) is 17.4. The first-order valence-electron chi connectivity index (χ1n) is 8.02. The average molecular weight is 262 g/mol. The number of hydrogen-bond donors (Lipinski definition) is 0. The minimum absolute atomic E-state index is 0.248. The number of amides is 1. The molecule has 0 spiro atoms. The van der Waals surface area contributed by atoms with Gasteiger partial charge >= 0.3 is 0 Å². The number of likely N-dealkylation sites (tertiary alicyclic amines) is 2. The predicted molar refractivity (Wildman–Crippen MR) is 76.9 cm³/mol. The van der Waals surface area contributed by atoms with Crippen molar-refractivity contribution < 1.29 is 4.79 Å². The van der Waals surface area contributed by atoms with Gasteiger partial charge in [0, 0.05) is 25.0 Å². The molecule has 3 rings (SSSR count). The Hall–Kier alpha value is -0.830. The van der Waals surface area contributed by atoms with Gasteiger partial charge in [0.2, 0.25) is 5.91 Å². The van der Waals surface area contributed by atoms with E-state index in [0.717, 1.165) is 25.9 Å². The second-order valence-corrected chi connectivity index (χ2v) is 6.32. The van der Waals surface area contributed by atoms with Crippen molar-refractivity contribution in [3.8, 4) is 0 Å². The van der Waals surface area contributed by atoms with E-state index in [1.165, 1.54) is 45.2 Å². The summed E-state index contributed by atoms with van der Waals surface area (Å²) in [6, 6.07) is 0.628. The van der Waals surface area contributed by atoms with Crippen LogP contribution in [-0.2, 0) is 4.79 Å². The van der Waals surface area contributed by atoms with Crippen molar-refractivity contribution in [1.82, 2.24) is 9.80 Å². The van der Waals surface area contributed by atoms with Gasteiger partial charge in [-0.3, -0.25) is 9.69 Å². The van der Waals surface area contributed by atoms with Crippen LogP contribution in [0.25, 0.3) is 0 Å². The first-order chi connectivity index (χ1) is 9.34. The average Bonchev–Trinajstić information content (AvgIpc) is 3.08. The maximum atomic E-state index is 12.6. The Bertz CT molecular complexity index is 339. The van der Waals surface area contributed by atoms with Gasteiger partial charge in [-0.25, -0.2) is 0 Å². The fraction of sp³-hybridized carbons (Fsp3) is 0.812. The van der Waals surface area contributed by atoms with Gasteiger partial charge in [0.15, 0.2) is 0 Å². The zero-order chi connectivity index (χ0) is 13.1. The van der Waals surface area contributed by atoms with Gasteiger partial charge in [0.25, 0.3) is 0 Å². The van der Waals surface area contributed by atoms with E-state index in [9.17, 15) is 4.79 Å². The van der Waals surface area contributed by atoms with Crippen LogP contribution in [0.3, 0.4) is 0 Å². The molecule has 0 aromatic heterocycles. The summed E-state index contributed by atoms with van der Waals surface area (Å²) in [7, 11) is 0. The number of allylic oxidation sites excluding steroid dienone is 2. The van der Waals surface area contributed by atoms with E-state index in [0.29, 0.717) is 11.9 Å². The molecule has 0 saturated carbocycles. The summed E-state index contributed by atoms with van der Waals surface area (Å²) < 4.78 is 0. The molecule has 0 N–H and O–H groups in total. The number of carbonyl (C=O) groups excluding carboxylic acids is 1. The largest absolute Gasteiger partial charge is 0.341 e. The van der Waals surface area contributed by atoms with Crippen LogP contribution in [0.5, 0.6) is 0 Å². The van der Waals surface area contributed by atoms with Gasteiger partial charge < -0.3 is 4.90 Å². The van der Waals surface area contributed by atoms with E-state index in [4.69, 9.17) is 0 Å². The topological polar surface area (TPSA) is 23.6 Å². The summed E-state index contributed by atoms with van der Waals surface area (Å²) in [6.45, 7) is 4.46. The second-order valence-electron chi connectivity index (χ2n) is 6.32. The van der Waals surface area contributed by atoms with Gasteiger partial charge in [0.05, 0.1) is 0 Å². The van der Waals surface area contributed by atoms with Gasteiger partial charge in [-0.1, -0.05) is 18.6 Å². The summed E-state index contributed by atoms with van der Waals surface area (Å²) in [5, 5.41) is 0. The third kappa shape index (κ3) is 3.02. The number of hydrogen-bond acceptors (Lipinski definition) is 2. The lowest BCUT2D eigenvalue weighted by molar-refractivity contribution is -0.135. The molecule has 1 unspecified atom stereocenters.